The molecule has 2 amide bonds. The van der Waals surface area contributed by atoms with Crippen molar-refractivity contribution in [1.29, 1.82) is 0 Å². The summed E-state index contributed by atoms with van der Waals surface area (Å²) < 4.78 is 75.9. The third-order valence-corrected chi connectivity index (χ3v) is 10.7. The SMILES string of the molecule is COc1cc(Cc2cc(Oc3ccc(NC(=O)Nc4cc(C(C)(C)C)cc(NS(C)(=O)=O)c4OC)c4ccccc34)ccn2)cc(OC)c1C(=O)CCCOCCOCCOP(=O)(O)O. The van der Waals surface area contributed by atoms with Crippen molar-refractivity contribution < 1.29 is 65.3 Å². The number of carbonyl (C=O) groups is 2. The van der Waals surface area contributed by atoms with Gasteiger partial charge >= 0.3 is 13.9 Å². The van der Waals surface area contributed by atoms with Crippen molar-refractivity contribution in [2.45, 2.75) is 45.4 Å². The third kappa shape index (κ3) is 14.9. The van der Waals surface area contributed by atoms with E-state index in [1.165, 1.54) is 21.3 Å². The summed E-state index contributed by atoms with van der Waals surface area (Å²) in [5, 5.41) is 7.16. The zero-order chi connectivity index (χ0) is 47.4. The van der Waals surface area contributed by atoms with Gasteiger partial charge < -0.3 is 48.8 Å². The number of carbonyl (C=O) groups excluding carboxylic acids is 2. The standard InChI is InChI=1S/C45H55N4O14PS/c1-45(2,3)30-26-36(43(59-6)37(27-30)49-65(7,55)56)48-44(51)47-35-14-15-39(34-12-9-8-11-33(34)35)63-32-16-17-46-31(28-32)23-29-24-40(57-4)42(41(25-29)58-5)38(50)13-10-18-60-19-20-61-21-22-62-64(52,53)54/h8-9,11-12,14-17,24-28,49H,10,13,18-23H2,1-7H3,(H2,47,48,51)(H2,52,53,54). The molecule has 18 nitrogen and oxygen atoms in total. The number of urea groups is 1. The molecule has 350 valence electrons. The van der Waals surface area contributed by atoms with Gasteiger partial charge in [0.1, 0.15) is 28.6 Å². The van der Waals surface area contributed by atoms with Crippen molar-refractivity contribution in [1.82, 2.24) is 4.98 Å². The van der Waals surface area contributed by atoms with Crippen molar-refractivity contribution >= 4 is 57.5 Å². The summed E-state index contributed by atoms with van der Waals surface area (Å²) >= 11 is 0. The molecule has 0 radical (unpaired) electrons. The second-order valence-corrected chi connectivity index (χ2v) is 18.7. The van der Waals surface area contributed by atoms with Gasteiger partial charge in [-0.25, -0.2) is 17.8 Å². The van der Waals surface area contributed by atoms with Crippen molar-refractivity contribution in [2.75, 3.05) is 76.0 Å². The Morgan fingerprint density at radius 1 is 0.754 bits per heavy atom. The second-order valence-electron chi connectivity index (χ2n) is 15.7. The number of rotatable bonds is 23. The first kappa shape index (κ1) is 50.2. The van der Waals surface area contributed by atoms with Gasteiger partial charge in [-0.2, -0.15) is 0 Å². The van der Waals surface area contributed by atoms with Crippen molar-refractivity contribution in [3.05, 3.63) is 101 Å². The number of Topliss-reactive ketones (excluding diaryl/α,β-unsaturated/α-hetero) is 1. The van der Waals surface area contributed by atoms with E-state index in [4.69, 9.17) is 38.2 Å². The van der Waals surface area contributed by atoms with Crippen molar-refractivity contribution in [3.63, 3.8) is 0 Å². The van der Waals surface area contributed by atoms with Gasteiger partial charge in [-0.3, -0.25) is 19.0 Å². The van der Waals surface area contributed by atoms with Gasteiger partial charge in [-0.15, -0.1) is 0 Å². The van der Waals surface area contributed by atoms with E-state index in [1.807, 2.05) is 45.0 Å². The lowest BCUT2D eigenvalue weighted by Gasteiger charge is -2.24. The van der Waals surface area contributed by atoms with Gasteiger partial charge in [0.15, 0.2) is 11.5 Å². The molecule has 0 saturated heterocycles. The number of anilines is 3. The van der Waals surface area contributed by atoms with Crippen LogP contribution in [0.4, 0.5) is 21.9 Å². The van der Waals surface area contributed by atoms with Gasteiger partial charge in [-0.1, -0.05) is 45.0 Å². The molecule has 0 atom stereocenters. The number of fused-ring (bicyclic) bond motifs is 1. The molecule has 0 spiro atoms. The van der Waals surface area contributed by atoms with Gasteiger partial charge in [0.2, 0.25) is 10.0 Å². The number of hydrogen-bond acceptors (Lipinski definition) is 13. The molecule has 0 saturated carbocycles. The average molecular weight is 939 g/mol. The van der Waals surface area contributed by atoms with Crippen LogP contribution in [0.5, 0.6) is 28.7 Å². The maximum atomic E-state index is 13.6. The first-order valence-corrected chi connectivity index (χ1v) is 23.8. The predicted octanol–water partition coefficient (Wildman–Crippen LogP) is 8.06. The second kappa shape index (κ2) is 22.4. The summed E-state index contributed by atoms with van der Waals surface area (Å²) in [5.74, 6) is 1.70. The number of pyridine rings is 1. The number of amides is 2. The molecule has 0 unspecified atom stereocenters. The Labute approximate surface area is 378 Å². The number of nitrogens with zero attached hydrogens (tertiary/aromatic N) is 1. The monoisotopic (exact) mass is 938 g/mol. The van der Waals surface area contributed by atoms with E-state index < -0.39 is 23.9 Å². The average Bonchev–Trinajstić information content (AvgIpc) is 3.23. The van der Waals surface area contributed by atoms with Gasteiger partial charge in [-0.05, 0) is 65.4 Å². The lowest BCUT2D eigenvalue weighted by atomic mass is 9.86. The number of sulfonamides is 1. The van der Waals surface area contributed by atoms with Crippen LogP contribution >= 0.6 is 7.82 Å². The molecule has 20 heteroatoms. The molecule has 0 aliphatic carbocycles. The summed E-state index contributed by atoms with van der Waals surface area (Å²) in [6, 6.07) is 20.8. The van der Waals surface area contributed by atoms with Gasteiger partial charge in [0, 0.05) is 48.2 Å². The molecule has 65 heavy (non-hydrogen) atoms. The fraction of sp³-hybridized carbons (Fsp3) is 0.356. The van der Waals surface area contributed by atoms with Crippen LogP contribution in [-0.4, -0.2) is 95.6 Å². The first-order valence-electron chi connectivity index (χ1n) is 20.3. The highest BCUT2D eigenvalue weighted by Crippen LogP contribution is 2.40. The Kier molecular flexibility index (Phi) is 17.3. The van der Waals surface area contributed by atoms with Crippen molar-refractivity contribution in [3.8, 4) is 28.7 Å². The van der Waals surface area contributed by atoms with Gasteiger partial charge in [0.05, 0.1) is 71.1 Å². The molecule has 0 fully saturated rings. The van der Waals surface area contributed by atoms with Crippen molar-refractivity contribution in [2.24, 2.45) is 0 Å². The molecule has 1 heterocycles. The molecular weight excluding hydrogens is 884 g/mol. The summed E-state index contributed by atoms with van der Waals surface area (Å²) in [6.45, 7) is 6.38. The molecule has 0 aliphatic rings. The van der Waals surface area contributed by atoms with E-state index in [1.54, 1.807) is 54.7 Å². The first-order chi connectivity index (χ1) is 30.8. The van der Waals surface area contributed by atoms with E-state index in [0.29, 0.717) is 58.2 Å². The van der Waals surface area contributed by atoms with E-state index >= 15 is 0 Å². The van der Waals surface area contributed by atoms with E-state index in [9.17, 15) is 22.6 Å². The fourth-order valence-corrected chi connectivity index (χ4v) is 7.55. The number of ether oxygens (including phenoxy) is 6. The quantitative estimate of drug-likeness (QED) is 0.0236. The molecular formula is C45H55N4O14PS. The number of benzene rings is 4. The zero-order valence-corrected chi connectivity index (χ0v) is 39.0. The highest BCUT2D eigenvalue weighted by atomic mass is 32.2. The Hall–Kier alpha value is -5.79. The molecule has 1 aromatic heterocycles. The topological polar surface area (TPSA) is 239 Å². The Morgan fingerprint density at radius 2 is 1.38 bits per heavy atom. The minimum atomic E-state index is -4.53. The number of methoxy groups -OCH3 is 3. The molecule has 5 rings (SSSR count). The summed E-state index contributed by atoms with van der Waals surface area (Å²) in [5.41, 5.74) is 3.10. The molecule has 0 aliphatic heterocycles. The summed E-state index contributed by atoms with van der Waals surface area (Å²) in [6.07, 6.45) is 3.62. The lowest BCUT2D eigenvalue weighted by molar-refractivity contribution is 0.0312. The molecule has 5 aromatic rings. The van der Waals surface area contributed by atoms with Crippen LogP contribution in [0, 0.1) is 0 Å². The maximum absolute atomic E-state index is 13.6. The number of nitrogens with one attached hydrogen (secondary N) is 3. The van der Waals surface area contributed by atoms with Crippen LogP contribution in [0.15, 0.2) is 79.0 Å². The van der Waals surface area contributed by atoms with E-state index in [2.05, 4.69) is 24.9 Å². The van der Waals surface area contributed by atoms with E-state index in [-0.39, 0.29) is 67.8 Å². The smallest absolute Gasteiger partial charge is 0.469 e. The Morgan fingerprint density at radius 3 is 2.02 bits per heavy atom. The number of ketones is 1. The number of phosphoric ester groups is 1. The highest BCUT2D eigenvalue weighted by molar-refractivity contribution is 7.92. The summed E-state index contributed by atoms with van der Waals surface area (Å²) in [7, 11) is -3.84. The molecule has 4 aromatic carbocycles. The minimum absolute atomic E-state index is 0.000413. The highest BCUT2D eigenvalue weighted by Gasteiger charge is 2.24. The van der Waals surface area contributed by atoms with E-state index in [0.717, 1.165) is 22.8 Å². The minimum Gasteiger partial charge on any atom is -0.496 e. The largest absolute Gasteiger partial charge is 0.496 e. The Balaban J connectivity index is 1.25. The van der Waals surface area contributed by atoms with Crippen LogP contribution in [0.25, 0.3) is 10.8 Å². The third-order valence-electron chi connectivity index (χ3n) is 9.63. The van der Waals surface area contributed by atoms with Crippen LogP contribution in [0.3, 0.4) is 0 Å². The number of hydrogen-bond donors (Lipinski definition) is 5. The predicted molar refractivity (Wildman–Crippen MR) is 247 cm³/mol. The summed E-state index contributed by atoms with van der Waals surface area (Å²) in [4.78, 5) is 48.8. The zero-order valence-electron chi connectivity index (χ0n) is 37.3. The Bertz CT molecular complexity index is 2610. The van der Waals surface area contributed by atoms with Crippen LogP contribution in [0.1, 0.15) is 60.8 Å². The lowest BCUT2D eigenvalue weighted by Crippen LogP contribution is -2.22. The molecule has 5 N–H and O–H groups in total. The normalized spacial score (nSPS) is 11.8. The number of phosphoric acid groups is 1. The van der Waals surface area contributed by atoms with Crippen LogP contribution in [-0.2, 0) is 40.4 Å². The fourth-order valence-electron chi connectivity index (χ4n) is 6.69. The van der Waals surface area contributed by atoms with Crippen LogP contribution < -0.4 is 34.3 Å². The van der Waals surface area contributed by atoms with Crippen LogP contribution in [0.2, 0.25) is 0 Å². The maximum Gasteiger partial charge on any atom is 0.469 e. The molecule has 0 bridgehead atoms. The van der Waals surface area contributed by atoms with Gasteiger partial charge in [0.25, 0.3) is 0 Å². The number of aromatic nitrogens is 1.